The van der Waals surface area contributed by atoms with Crippen LogP contribution in [0.4, 0.5) is 0 Å². The summed E-state index contributed by atoms with van der Waals surface area (Å²) in [6, 6.07) is 0. The Bertz CT molecular complexity index is 409. The van der Waals surface area contributed by atoms with Gasteiger partial charge in [-0.15, -0.1) is 0 Å². The molecule has 164 valence electrons. The molecule has 0 aliphatic heterocycles. The van der Waals surface area contributed by atoms with Crippen LogP contribution < -0.4 is 0 Å². The van der Waals surface area contributed by atoms with E-state index in [0.717, 1.165) is 83.5 Å². The first-order chi connectivity index (χ1) is 12.9. The predicted octanol–water partition coefficient (Wildman–Crippen LogP) is 6.67. The molecule has 0 saturated heterocycles. The van der Waals surface area contributed by atoms with E-state index in [0.29, 0.717) is 12.8 Å². The SMILES string of the molecule is CCCCCCC(O)CCCCCCCCC(CCCCCC)S(=O)(=O)O. The second-order valence-corrected chi connectivity index (χ2v) is 9.88. The first-order valence-corrected chi connectivity index (χ1v) is 13.1. The van der Waals surface area contributed by atoms with Crippen LogP contribution in [0.3, 0.4) is 0 Å². The highest BCUT2D eigenvalue weighted by molar-refractivity contribution is 7.86. The van der Waals surface area contributed by atoms with E-state index in [2.05, 4.69) is 13.8 Å². The Morgan fingerprint density at radius 2 is 0.926 bits per heavy atom. The van der Waals surface area contributed by atoms with E-state index in [-0.39, 0.29) is 6.10 Å². The summed E-state index contributed by atoms with van der Waals surface area (Å²) in [7, 11) is -3.90. The third-order valence-electron chi connectivity index (χ3n) is 5.51. The summed E-state index contributed by atoms with van der Waals surface area (Å²) in [5, 5.41) is 9.38. The average Bonchev–Trinajstić information content (AvgIpc) is 2.61. The number of aliphatic hydroxyl groups excluding tert-OH is 1. The van der Waals surface area contributed by atoms with E-state index >= 15 is 0 Å². The molecule has 0 saturated carbocycles. The van der Waals surface area contributed by atoms with Gasteiger partial charge in [0.05, 0.1) is 11.4 Å². The first kappa shape index (κ1) is 26.9. The molecule has 0 heterocycles. The predicted molar refractivity (Wildman–Crippen MR) is 116 cm³/mol. The molecule has 0 radical (unpaired) electrons. The molecule has 2 unspecified atom stereocenters. The second kappa shape index (κ2) is 17.9. The van der Waals surface area contributed by atoms with Crippen molar-refractivity contribution in [1.29, 1.82) is 0 Å². The van der Waals surface area contributed by atoms with Crippen molar-refractivity contribution in [1.82, 2.24) is 0 Å². The summed E-state index contributed by atoms with van der Waals surface area (Å²) in [4.78, 5) is 0. The molecule has 2 N–H and O–H groups in total. The first-order valence-electron chi connectivity index (χ1n) is 11.6. The van der Waals surface area contributed by atoms with Gasteiger partial charge in [0, 0.05) is 0 Å². The van der Waals surface area contributed by atoms with Crippen LogP contribution in [0.2, 0.25) is 0 Å². The Kier molecular flexibility index (Phi) is 17.8. The number of aliphatic hydroxyl groups is 1. The third-order valence-corrected chi connectivity index (χ3v) is 6.82. The van der Waals surface area contributed by atoms with Gasteiger partial charge < -0.3 is 5.11 Å². The second-order valence-electron chi connectivity index (χ2n) is 8.19. The van der Waals surface area contributed by atoms with Crippen molar-refractivity contribution >= 4 is 10.1 Å². The van der Waals surface area contributed by atoms with Crippen LogP contribution in [0.25, 0.3) is 0 Å². The molecule has 0 aromatic rings. The number of unbranched alkanes of at least 4 members (excludes halogenated alkanes) is 11. The van der Waals surface area contributed by atoms with E-state index in [9.17, 15) is 18.1 Å². The van der Waals surface area contributed by atoms with Gasteiger partial charge in [-0.3, -0.25) is 4.55 Å². The highest BCUT2D eigenvalue weighted by Gasteiger charge is 2.21. The van der Waals surface area contributed by atoms with Gasteiger partial charge in [0.2, 0.25) is 0 Å². The average molecular weight is 407 g/mol. The molecule has 27 heavy (non-hydrogen) atoms. The van der Waals surface area contributed by atoms with Crippen LogP contribution in [0.5, 0.6) is 0 Å². The quantitative estimate of drug-likeness (QED) is 0.175. The van der Waals surface area contributed by atoms with Crippen molar-refractivity contribution in [2.75, 3.05) is 0 Å². The minimum atomic E-state index is -3.90. The number of hydrogen-bond donors (Lipinski definition) is 2. The van der Waals surface area contributed by atoms with E-state index in [1.54, 1.807) is 0 Å². The van der Waals surface area contributed by atoms with Gasteiger partial charge in [0.25, 0.3) is 10.1 Å². The lowest BCUT2D eigenvalue weighted by Gasteiger charge is -2.13. The zero-order chi connectivity index (χ0) is 20.4. The van der Waals surface area contributed by atoms with Gasteiger partial charge in [0.15, 0.2) is 0 Å². The standard InChI is InChI=1S/C22H46O4S/c1-3-5-7-13-17-21(23)18-14-11-9-10-12-16-20-22(27(24,25)26)19-15-8-6-4-2/h21-23H,3-20H2,1-2H3,(H,24,25,26). The van der Waals surface area contributed by atoms with Gasteiger partial charge in [-0.2, -0.15) is 8.42 Å². The van der Waals surface area contributed by atoms with Gasteiger partial charge in [-0.05, 0) is 25.7 Å². The molecule has 0 aromatic carbocycles. The van der Waals surface area contributed by atoms with E-state index in [1.165, 1.54) is 19.3 Å². The molecule has 0 aromatic heterocycles. The minimum absolute atomic E-state index is 0.134. The zero-order valence-electron chi connectivity index (χ0n) is 18.0. The molecule has 0 aliphatic rings. The van der Waals surface area contributed by atoms with Crippen LogP contribution in [-0.4, -0.2) is 29.4 Å². The van der Waals surface area contributed by atoms with Crippen molar-refractivity contribution < 1.29 is 18.1 Å². The van der Waals surface area contributed by atoms with E-state index in [1.807, 2.05) is 0 Å². The molecule has 5 heteroatoms. The topological polar surface area (TPSA) is 74.6 Å². The fraction of sp³-hybridized carbons (Fsp3) is 1.00. The van der Waals surface area contributed by atoms with Crippen LogP contribution in [0.1, 0.15) is 129 Å². The van der Waals surface area contributed by atoms with Crippen molar-refractivity contribution in [3.63, 3.8) is 0 Å². The molecule has 4 nitrogen and oxygen atoms in total. The summed E-state index contributed by atoms with van der Waals surface area (Å²) in [5.74, 6) is 0. The summed E-state index contributed by atoms with van der Waals surface area (Å²) in [5.41, 5.74) is 0. The molecule has 2 atom stereocenters. The normalized spacial score (nSPS) is 14.4. The van der Waals surface area contributed by atoms with Crippen LogP contribution in [0.15, 0.2) is 0 Å². The zero-order valence-corrected chi connectivity index (χ0v) is 18.8. The highest BCUT2D eigenvalue weighted by Crippen LogP contribution is 2.19. The molecular weight excluding hydrogens is 360 g/mol. The lowest BCUT2D eigenvalue weighted by atomic mass is 10.0. The summed E-state index contributed by atoms with van der Waals surface area (Å²) in [6.07, 6.45) is 18.4. The van der Waals surface area contributed by atoms with Crippen molar-refractivity contribution in [2.45, 2.75) is 141 Å². The Morgan fingerprint density at radius 1 is 0.593 bits per heavy atom. The molecule has 0 amide bonds. The molecule has 0 aliphatic carbocycles. The molecule has 0 spiro atoms. The Morgan fingerprint density at radius 3 is 1.30 bits per heavy atom. The van der Waals surface area contributed by atoms with Crippen molar-refractivity contribution in [3.8, 4) is 0 Å². The summed E-state index contributed by atoms with van der Waals surface area (Å²) >= 11 is 0. The number of hydrogen-bond acceptors (Lipinski definition) is 3. The van der Waals surface area contributed by atoms with Gasteiger partial charge in [0.1, 0.15) is 0 Å². The maximum atomic E-state index is 11.5. The fourth-order valence-electron chi connectivity index (χ4n) is 3.65. The molecule has 0 bridgehead atoms. The van der Waals surface area contributed by atoms with Gasteiger partial charge in [-0.1, -0.05) is 104 Å². The van der Waals surface area contributed by atoms with Crippen LogP contribution in [-0.2, 0) is 10.1 Å². The molecular formula is C22H46O4S. The maximum absolute atomic E-state index is 11.5. The lowest BCUT2D eigenvalue weighted by Crippen LogP contribution is -2.20. The van der Waals surface area contributed by atoms with Crippen LogP contribution >= 0.6 is 0 Å². The summed E-state index contributed by atoms with van der Waals surface area (Å²) in [6.45, 7) is 4.33. The highest BCUT2D eigenvalue weighted by atomic mass is 32.2. The largest absolute Gasteiger partial charge is 0.393 e. The lowest BCUT2D eigenvalue weighted by molar-refractivity contribution is 0.147. The van der Waals surface area contributed by atoms with E-state index in [4.69, 9.17) is 0 Å². The monoisotopic (exact) mass is 406 g/mol. The van der Waals surface area contributed by atoms with Crippen LogP contribution in [0, 0.1) is 0 Å². The smallest absolute Gasteiger partial charge is 0.267 e. The minimum Gasteiger partial charge on any atom is -0.393 e. The van der Waals surface area contributed by atoms with Gasteiger partial charge >= 0.3 is 0 Å². The Hall–Kier alpha value is -0.130. The van der Waals surface area contributed by atoms with Crippen molar-refractivity contribution in [3.05, 3.63) is 0 Å². The third kappa shape index (κ3) is 17.7. The summed E-state index contributed by atoms with van der Waals surface area (Å²) < 4.78 is 32.4. The van der Waals surface area contributed by atoms with Gasteiger partial charge in [-0.25, -0.2) is 0 Å². The Balaban J connectivity index is 3.64. The molecule has 0 fully saturated rings. The Labute approximate surface area is 169 Å². The number of rotatable bonds is 20. The van der Waals surface area contributed by atoms with Crippen molar-refractivity contribution in [2.24, 2.45) is 0 Å². The maximum Gasteiger partial charge on any atom is 0.267 e. The fourth-order valence-corrected chi connectivity index (χ4v) is 4.58. The molecule has 0 rings (SSSR count). The van der Waals surface area contributed by atoms with E-state index < -0.39 is 15.4 Å².